The van der Waals surface area contributed by atoms with Crippen LogP contribution in [-0.4, -0.2) is 25.5 Å². The van der Waals surface area contributed by atoms with Crippen LogP contribution in [0.1, 0.15) is 22.3 Å². The molecule has 0 heterocycles. The molecule has 0 atom stereocenters. The zero-order valence-corrected chi connectivity index (χ0v) is 13.3. The first-order valence-electron chi connectivity index (χ1n) is 7.37. The van der Waals surface area contributed by atoms with Crippen LogP contribution < -0.4 is 15.4 Å². The summed E-state index contributed by atoms with van der Waals surface area (Å²) in [4.78, 5) is 23.9. The van der Waals surface area contributed by atoms with Crippen molar-refractivity contribution in [2.45, 2.75) is 13.3 Å². The molecular formula is C18H20N2O3. The number of hydrogen-bond donors (Lipinski definition) is 2. The Kier molecular flexibility index (Phi) is 5.74. The number of carbonyl (C=O) groups is 2. The topological polar surface area (TPSA) is 67.4 Å². The number of amides is 2. The molecule has 2 aromatic rings. The molecule has 0 spiro atoms. The molecule has 2 amide bonds. The Bertz CT molecular complexity index is 698. The van der Waals surface area contributed by atoms with E-state index in [0.717, 1.165) is 11.3 Å². The van der Waals surface area contributed by atoms with Gasteiger partial charge in [0.1, 0.15) is 5.75 Å². The molecule has 0 aliphatic carbocycles. The monoisotopic (exact) mass is 312 g/mol. The van der Waals surface area contributed by atoms with Crippen molar-refractivity contribution in [3.63, 3.8) is 0 Å². The lowest BCUT2D eigenvalue weighted by Crippen LogP contribution is -2.27. The van der Waals surface area contributed by atoms with Gasteiger partial charge in [0.2, 0.25) is 5.91 Å². The third kappa shape index (κ3) is 5.14. The van der Waals surface area contributed by atoms with Crippen LogP contribution in [-0.2, 0) is 4.79 Å². The smallest absolute Gasteiger partial charge is 0.251 e. The zero-order chi connectivity index (χ0) is 16.7. The van der Waals surface area contributed by atoms with Crippen molar-refractivity contribution in [1.29, 1.82) is 0 Å². The van der Waals surface area contributed by atoms with Crippen LogP contribution in [0.4, 0.5) is 5.69 Å². The van der Waals surface area contributed by atoms with Gasteiger partial charge in [-0.05, 0) is 42.8 Å². The van der Waals surface area contributed by atoms with E-state index in [0.29, 0.717) is 11.3 Å². The van der Waals surface area contributed by atoms with Gasteiger partial charge in [-0.1, -0.05) is 18.2 Å². The van der Waals surface area contributed by atoms with E-state index in [-0.39, 0.29) is 24.8 Å². The average Bonchev–Trinajstić information content (AvgIpc) is 2.54. The molecular weight excluding hydrogens is 292 g/mol. The number of anilines is 1. The van der Waals surface area contributed by atoms with Crippen molar-refractivity contribution in [2.24, 2.45) is 0 Å². The molecule has 0 unspecified atom stereocenters. The SMILES string of the molecule is COc1cccc(C(=O)NCCC(=O)Nc2cccc(C)c2)c1. The summed E-state index contributed by atoms with van der Waals surface area (Å²) >= 11 is 0. The van der Waals surface area contributed by atoms with Gasteiger partial charge in [0.25, 0.3) is 5.91 Å². The van der Waals surface area contributed by atoms with E-state index in [1.807, 2.05) is 31.2 Å². The van der Waals surface area contributed by atoms with Gasteiger partial charge in [0.15, 0.2) is 0 Å². The van der Waals surface area contributed by atoms with Gasteiger partial charge in [-0.25, -0.2) is 0 Å². The summed E-state index contributed by atoms with van der Waals surface area (Å²) in [5.74, 6) is 0.253. The highest BCUT2D eigenvalue weighted by atomic mass is 16.5. The fourth-order valence-corrected chi connectivity index (χ4v) is 2.10. The van der Waals surface area contributed by atoms with E-state index in [1.165, 1.54) is 0 Å². The zero-order valence-electron chi connectivity index (χ0n) is 13.3. The summed E-state index contributed by atoms with van der Waals surface area (Å²) in [5, 5.41) is 5.53. The predicted molar refractivity (Wildman–Crippen MR) is 89.8 cm³/mol. The number of aryl methyl sites for hydroxylation is 1. The molecule has 23 heavy (non-hydrogen) atoms. The summed E-state index contributed by atoms with van der Waals surface area (Å²) in [6, 6.07) is 14.4. The van der Waals surface area contributed by atoms with Crippen LogP contribution in [0.5, 0.6) is 5.75 Å². The Morgan fingerprint density at radius 2 is 1.87 bits per heavy atom. The highest BCUT2D eigenvalue weighted by molar-refractivity contribution is 5.95. The fraction of sp³-hybridized carbons (Fsp3) is 0.222. The first kappa shape index (κ1) is 16.5. The molecule has 0 aromatic heterocycles. The molecule has 0 radical (unpaired) electrons. The third-order valence-corrected chi connectivity index (χ3v) is 3.27. The van der Waals surface area contributed by atoms with Gasteiger partial charge >= 0.3 is 0 Å². The Morgan fingerprint density at radius 3 is 2.61 bits per heavy atom. The van der Waals surface area contributed by atoms with Crippen LogP contribution in [0.15, 0.2) is 48.5 Å². The van der Waals surface area contributed by atoms with Crippen LogP contribution >= 0.6 is 0 Å². The summed E-state index contributed by atoms with van der Waals surface area (Å²) in [6.07, 6.45) is 0.212. The summed E-state index contributed by atoms with van der Waals surface area (Å²) < 4.78 is 5.08. The lowest BCUT2D eigenvalue weighted by molar-refractivity contribution is -0.116. The molecule has 0 fully saturated rings. The van der Waals surface area contributed by atoms with E-state index in [4.69, 9.17) is 4.74 Å². The van der Waals surface area contributed by atoms with Gasteiger partial charge < -0.3 is 15.4 Å². The molecule has 2 N–H and O–H groups in total. The van der Waals surface area contributed by atoms with E-state index in [1.54, 1.807) is 31.4 Å². The fourth-order valence-electron chi connectivity index (χ4n) is 2.10. The van der Waals surface area contributed by atoms with Crippen LogP contribution in [0.25, 0.3) is 0 Å². The molecule has 0 bridgehead atoms. The van der Waals surface area contributed by atoms with Crippen LogP contribution in [0.2, 0.25) is 0 Å². The standard InChI is InChI=1S/C18H20N2O3/c1-13-5-3-7-15(11-13)20-17(21)9-10-19-18(22)14-6-4-8-16(12-14)23-2/h3-8,11-12H,9-10H2,1-2H3,(H,19,22)(H,20,21). The Morgan fingerprint density at radius 1 is 1.09 bits per heavy atom. The Labute approximate surface area is 135 Å². The Hall–Kier alpha value is -2.82. The minimum atomic E-state index is -0.229. The van der Waals surface area contributed by atoms with E-state index >= 15 is 0 Å². The van der Waals surface area contributed by atoms with Gasteiger partial charge in [0.05, 0.1) is 7.11 Å². The van der Waals surface area contributed by atoms with Crippen molar-refractivity contribution in [3.8, 4) is 5.75 Å². The molecule has 0 aliphatic heterocycles. The minimum absolute atomic E-state index is 0.137. The molecule has 0 saturated heterocycles. The van der Waals surface area contributed by atoms with Gasteiger partial charge in [0, 0.05) is 24.2 Å². The first-order chi connectivity index (χ1) is 11.1. The number of rotatable bonds is 6. The maximum absolute atomic E-state index is 12.0. The number of ether oxygens (including phenoxy) is 1. The summed E-state index contributed by atoms with van der Waals surface area (Å²) in [6.45, 7) is 2.23. The number of benzene rings is 2. The first-order valence-corrected chi connectivity index (χ1v) is 7.37. The Balaban J connectivity index is 1.79. The van der Waals surface area contributed by atoms with E-state index in [2.05, 4.69) is 10.6 Å². The van der Waals surface area contributed by atoms with Crippen molar-refractivity contribution in [2.75, 3.05) is 19.0 Å². The quantitative estimate of drug-likeness (QED) is 0.862. The second-order valence-corrected chi connectivity index (χ2v) is 5.16. The lowest BCUT2D eigenvalue weighted by atomic mass is 10.2. The highest BCUT2D eigenvalue weighted by Crippen LogP contribution is 2.12. The molecule has 5 nitrogen and oxygen atoms in total. The predicted octanol–water partition coefficient (Wildman–Crippen LogP) is 2.76. The van der Waals surface area contributed by atoms with Crippen molar-refractivity contribution < 1.29 is 14.3 Å². The summed E-state index contributed by atoms with van der Waals surface area (Å²) in [5.41, 5.74) is 2.34. The minimum Gasteiger partial charge on any atom is -0.497 e. The molecule has 120 valence electrons. The molecule has 2 aromatic carbocycles. The molecule has 0 aliphatic rings. The number of hydrogen-bond acceptors (Lipinski definition) is 3. The number of nitrogens with one attached hydrogen (secondary N) is 2. The normalized spacial score (nSPS) is 10.0. The van der Waals surface area contributed by atoms with Gasteiger partial charge in [-0.2, -0.15) is 0 Å². The third-order valence-electron chi connectivity index (χ3n) is 3.27. The highest BCUT2D eigenvalue weighted by Gasteiger charge is 2.08. The van der Waals surface area contributed by atoms with Crippen LogP contribution in [0, 0.1) is 6.92 Å². The lowest BCUT2D eigenvalue weighted by Gasteiger charge is -2.08. The molecule has 0 saturated carbocycles. The number of methoxy groups -OCH3 is 1. The maximum Gasteiger partial charge on any atom is 0.251 e. The van der Waals surface area contributed by atoms with Crippen molar-refractivity contribution in [3.05, 3.63) is 59.7 Å². The van der Waals surface area contributed by atoms with Gasteiger partial charge in [-0.15, -0.1) is 0 Å². The van der Waals surface area contributed by atoms with Crippen LogP contribution in [0.3, 0.4) is 0 Å². The maximum atomic E-state index is 12.0. The van der Waals surface area contributed by atoms with Gasteiger partial charge in [-0.3, -0.25) is 9.59 Å². The van der Waals surface area contributed by atoms with Crippen molar-refractivity contribution in [1.82, 2.24) is 5.32 Å². The second kappa shape index (κ2) is 7.98. The molecule has 2 rings (SSSR count). The number of carbonyl (C=O) groups excluding carboxylic acids is 2. The molecule has 5 heteroatoms. The van der Waals surface area contributed by atoms with E-state index in [9.17, 15) is 9.59 Å². The summed E-state index contributed by atoms with van der Waals surface area (Å²) in [7, 11) is 1.55. The largest absolute Gasteiger partial charge is 0.497 e. The second-order valence-electron chi connectivity index (χ2n) is 5.16. The van der Waals surface area contributed by atoms with E-state index < -0.39 is 0 Å². The average molecular weight is 312 g/mol. The van der Waals surface area contributed by atoms with Crippen molar-refractivity contribution >= 4 is 17.5 Å².